The number of carbonyl (C=O) groups is 1. The van der Waals surface area contributed by atoms with Gasteiger partial charge in [0.2, 0.25) is 0 Å². The van der Waals surface area contributed by atoms with Crippen LogP contribution in [0, 0.1) is 5.41 Å². The molecule has 0 aromatic heterocycles. The number of hydrogen-bond donors (Lipinski definition) is 0. The van der Waals surface area contributed by atoms with E-state index in [1.807, 2.05) is 0 Å². The smallest absolute Gasteiger partial charge is 0.136 e. The Balaban J connectivity index is 2.34. The number of ketones is 1. The predicted octanol–water partition coefficient (Wildman–Crippen LogP) is 2.77. The molecule has 0 radical (unpaired) electrons. The third kappa shape index (κ3) is 1.47. The van der Waals surface area contributed by atoms with Gasteiger partial charge in [0.15, 0.2) is 0 Å². The SMILES string of the molecule is CC(=O)C1(C)CCc2ccccc2C1. The van der Waals surface area contributed by atoms with E-state index in [-0.39, 0.29) is 5.41 Å². The van der Waals surface area contributed by atoms with Crippen molar-refractivity contribution < 1.29 is 4.79 Å². The summed E-state index contributed by atoms with van der Waals surface area (Å²) < 4.78 is 0. The van der Waals surface area contributed by atoms with Crippen molar-refractivity contribution in [2.24, 2.45) is 5.41 Å². The van der Waals surface area contributed by atoms with E-state index in [9.17, 15) is 4.79 Å². The van der Waals surface area contributed by atoms with Gasteiger partial charge >= 0.3 is 0 Å². The highest BCUT2D eigenvalue weighted by atomic mass is 16.1. The number of Topliss-reactive ketones (excluding diaryl/α,β-unsaturated/α-hetero) is 1. The van der Waals surface area contributed by atoms with Crippen LogP contribution in [0.15, 0.2) is 24.3 Å². The molecule has 1 aromatic carbocycles. The Morgan fingerprint density at radius 2 is 1.93 bits per heavy atom. The third-order valence-corrected chi connectivity index (χ3v) is 3.50. The fraction of sp³-hybridized carbons (Fsp3) is 0.462. The molecule has 14 heavy (non-hydrogen) atoms. The van der Waals surface area contributed by atoms with Gasteiger partial charge in [0, 0.05) is 5.41 Å². The zero-order valence-corrected chi connectivity index (χ0v) is 8.84. The van der Waals surface area contributed by atoms with Crippen LogP contribution in [0.1, 0.15) is 31.4 Å². The van der Waals surface area contributed by atoms with Crippen molar-refractivity contribution in [3.05, 3.63) is 35.4 Å². The second-order valence-electron chi connectivity index (χ2n) is 4.56. The van der Waals surface area contributed by atoms with Gasteiger partial charge in [0.1, 0.15) is 5.78 Å². The quantitative estimate of drug-likeness (QED) is 0.662. The van der Waals surface area contributed by atoms with Crippen LogP contribution in [-0.2, 0) is 17.6 Å². The standard InChI is InChI=1S/C13H16O/c1-10(14)13(2)8-7-11-5-3-4-6-12(11)9-13/h3-6H,7-9H2,1-2H3. The van der Waals surface area contributed by atoms with Crippen molar-refractivity contribution in [2.45, 2.75) is 33.1 Å². The monoisotopic (exact) mass is 188 g/mol. The molecule has 1 atom stereocenters. The number of benzene rings is 1. The Morgan fingerprint density at radius 3 is 2.57 bits per heavy atom. The van der Waals surface area contributed by atoms with Crippen LogP contribution in [0.5, 0.6) is 0 Å². The minimum absolute atomic E-state index is 0.117. The highest BCUT2D eigenvalue weighted by molar-refractivity contribution is 5.82. The molecule has 1 unspecified atom stereocenters. The number of aryl methyl sites for hydroxylation is 1. The molecule has 1 heteroatoms. The van der Waals surface area contributed by atoms with Crippen LogP contribution >= 0.6 is 0 Å². The molecule has 74 valence electrons. The summed E-state index contributed by atoms with van der Waals surface area (Å²) in [5, 5.41) is 0. The first-order valence-corrected chi connectivity index (χ1v) is 5.20. The lowest BCUT2D eigenvalue weighted by Crippen LogP contribution is -2.32. The zero-order chi connectivity index (χ0) is 10.2. The van der Waals surface area contributed by atoms with Gasteiger partial charge in [-0.15, -0.1) is 0 Å². The zero-order valence-electron chi connectivity index (χ0n) is 8.84. The van der Waals surface area contributed by atoms with Gasteiger partial charge in [-0.1, -0.05) is 31.2 Å². The lowest BCUT2D eigenvalue weighted by Gasteiger charge is -2.32. The van der Waals surface area contributed by atoms with Crippen molar-refractivity contribution in [1.29, 1.82) is 0 Å². The molecule has 1 nitrogen and oxygen atoms in total. The predicted molar refractivity (Wildman–Crippen MR) is 57.3 cm³/mol. The molecule has 0 saturated heterocycles. The molecule has 0 saturated carbocycles. The number of carbonyl (C=O) groups excluding carboxylic acids is 1. The van der Waals surface area contributed by atoms with E-state index < -0.39 is 0 Å². The Morgan fingerprint density at radius 1 is 1.29 bits per heavy atom. The number of fused-ring (bicyclic) bond motifs is 1. The Labute approximate surface area is 85.1 Å². The van der Waals surface area contributed by atoms with Crippen LogP contribution in [0.4, 0.5) is 0 Å². The van der Waals surface area contributed by atoms with Crippen LogP contribution in [0.2, 0.25) is 0 Å². The Bertz CT molecular complexity index is 367. The van der Waals surface area contributed by atoms with Gasteiger partial charge in [0.05, 0.1) is 0 Å². The van der Waals surface area contributed by atoms with Gasteiger partial charge in [-0.05, 0) is 37.3 Å². The lowest BCUT2D eigenvalue weighted by atomic mass is 9.71. The van der Waals surface area contributed by atoms with E-state index in [0.717, 1.165) is 19.3 Å². The molecule has 1 aliphatic carbocycles. The highest BCUT2D eigenvalue weighted by Crippen LogP contribution is 2.35. The summed E-state index contributed by atoms with van der Waals surface area (Å²) in [6.45, 7) is 3.80. The summed E-state index contributed by atoms with van der Waals surface area (Å²) in [4.78, 5) is 11.5. The molecule has 2 rings (SSSR count). The minimum atomic E-state index is -0.117. The molecular formula is C13H16O. The first-order valence-electron chi connectivity index (χ1n) is 5.20. The summed E-state index contributed by atoms with van der Waals surface area (Å²) in [5.74, 6) is 0.326. The van der Waals surface area contributed by atoms with E-state index >= 15 is 0 Å². The van der Waals surface area contributed by atoms with Crippen LogP contribution in [0.3, 0.4) is 0 Å². The van der Waals surface area contributed by atoms with Crippen LogP contribution in [0.25, 0.3) is 0 Å². The maximum absolute atomic E-state index is 11.5. The first-order chi connectivity index (χ1) is 6.62. The summed E-state index contributed by atoms with van der Waals surface area (Å²) in [7, 11) is 0. The van der Waals surface area contributed by atoms with E-state index in [1.165, 1.54) is 11.1 Å². The molecule has 0 amide bonds. The molecule has 0 fully saturated rings. The second kappa shape index (κ2) is 3.23. The van der Waals surface area contributed by atoms with E-state index in [1.54, 1.807) is 6.92 Å². The minimum Gasteiger partial charge on any atom is -0.299 e. The average Bonchev–Trinajstić information content (AvgIpc) is 2.17. The topological polar surface area (TPSA) is 17.1 Å². The van der Waals surface area contributed by atoms with Crippen molar-refractivity contribution >= 4 is 5.78 Å². The van der Waals surface area contributed by atoms with Gasteiger partial charge in [-0.25, -0.2) is 0 Å². The Hall–Kier alpha value is -1.11. The molecule has 0 heterocycles. The number of rotatable bonds is 1. The lowest BCUT2D eigenvalue weighted by molar-refractivity contribution is -0.126. The van der Waals surface area contributed by atoms with Crippen molar-refractivity contribution in [3.63, 3.8) is 0 Å². The summed E-state index contributed by atoms with van der Waals surface area (Å²) in [6.07, 6.45) is 2.96. The average molecular weight is 188 g/mol. The summed E-state index contributed by atoms with van der Waals surface area (Å²) in [5.41, 5.74) is 2.66. The molecule has 0 aliphatic heterocycles. The highest BCUT2D eigenvalue weighted by Gasteiger charge is 2.33. The molecule has 0 spiro atoms. The van der Waals surface area contributed by atoms with E-state index in [0.29, 0.717) is 5.78 Å². The van der Waals surface area contributed by atoms with Crippen molar-refractivity contribution in [3.8, 4) is 0 Å². The fourth-order valence-corrected chi connectivity index (χ4v) is 2.19. The van der Waals surface area contributed by atoms with Crippen LogP contribution in [-0.4, -0.2) is 5.78 Å². The largest absolute Gasteiger partial charge is 0.299 e. The molecule has 0 N–H and O–H groups in total. The molecule has 0 bridgehead atoms. The van der Waals surface area contributed by atoms with Crippen molar-refractivity contribution in [2.75, 3.05) is 0 Å². The van der Waals surface area contributed by atoms with Gasteiger partial charge in [-0.3, -0.25) is 4.79 Å². The second-order valence-corrected chi connectivity index (χ2v) is 4.56. The van der Waals surface area contributed by atoms with E-state index in [4.69, 9.17) is 0 Å². The normalized spacial score (nSPS) is 25.6. The summed E-state index contributed by atoms with van der Waals surface area (Å²) in [6, 6.07) is 8.46. The van der Waals surface area contributed by atoms with Gasteiger partial charge < -0.3 is 0 Å². The molecular weight excluding hydrogens is 172 g/mol. The van der Waals surface area contributed by atoms with Gasteiger partial charge in [-0.2, -0.15) is 0 Å². The van der Waals surface area contributed by atoms with Gasteiger partial charge in [0.25, 0.3) is 0 Å². The fourth-order valence-electron chi connectivity index (χ4n) is 2.19. The van der Waals surface area contributed by atoms with Crippen molar-refractivity contribution in [1.82, 2.24) is 0 Å². The molecule has 1 aromatic rings. The first kappa shape index (κ1) is 9.45. The Kier molecular flexibility index (Phi) is 2.18. The van der Waals surface area contributed by atoms with E-state index in [2.05, 4.69) is 31.2 Å². The third-order valence-electron chi connectivity index (χ3n) is 3.50. The number of hydrogen-bond acceptors (Lipinski definition) is 1. The maximum atomic E-state index is 11.5. The maximum Gasteiger partial charge on any atom is 0.136 e. The molecule has 1 aliphatic rings. The summed E-state index contributed by atoms with van der Waals surface area (Å²) >= 11 is 0. The van der Waals surface area contributed by atoms with Crippen LogP contribution < -0.4 is 0 Å².